The predicted octanol–water partition coefficient (Wildman–Crippen LogP) is 2.56. The minimum absolute atomic E-state index is 0.174. The Labute approximate surface area is 112 Å². The fourth-order valence-electron chi connectivity index (χ4n) is 2.59. The molecule has 2 N–H and O–H groups in total. The van der Waals surface area contributed by atoms with Crippen molar-refractivity contribution in [2.45, 2.75) is 59.4 Å². The van der Waals surface area contributed by atoms with Crippen LogP contribution in [0.4, 0.5) is 0 Å². The van der Waals surface area contributed by atoms with E-state index in [0.29, 0.717) is 18.4 Å². The summed E-state index contributed by atoms with van der Waals surface area (Å²) in [5.41, 5.74) is 0. The molecule has 3 atom stereocenters. The van der Waals surface area contributed by atoms with E-state index in [4.69, 9.17) is 0 Å². The Balaban J connectivity index is 2.14. The van der Waals surface area contributed by atoms with Crippen molar-refractivity contribution in [2.75, 3.05) is 13.1 Å². The van der Waals surface area contributed by atoms with Crippen LogP contribution in [-0.2, 0) is 4.79 Å². The Hall–Kier alpha value is -0.570. The molecule has 0 aromatic carbocycles. The fraction of sp³-hybridized carbons (Fsp3) is 0.933. The summed E-state index contributed by atoms with van der Waals surface area (Å²) in [6.45, 7) is 10.5. The maximum Gasteiger partial charge on any atom is 0.221 e. The van der Waals surface area contributed by atoms with Gasteiger partial charge in [0.1, 0.15) is 0 Å². The highest BCUT2D eigenvalue weighted by atomic mass is 16.1. The van der Waals surface area contributed by atoms with Crippen LogP contribution in [0.15, 0.2) is 0 Å². The summed E-state index contributed by atoms with van der Waals surface area (Å²) in [7, 11) is 0. The molecule has 0 saturated heterocycles. The lowest BCUT2D eigenvalue weighted by molar-refractivity contribution is -0.121. The van der Waals surface area contributed by atoms with E-state index in [1.165, 1.54) is 19.3 Å². The van der Waals surface area contributed by atoms with Gasteiger partial charge in [-0.1, -0.05) is 34.1 Å². The number of carbonyl (C=O) groups is 1. The Morgan fingerprint density at radius 2 is 2.00 bits per heavy atom. The summed E-state index contributed by atoms with van der Waals surface area (Å²) in [4.78, 5) is 11.6. The summed E-state index contributed by atoms with van der Waals surface area (Å²) < 4.78 is 0. The van der Waals surface area contributed by atoms with Crippen LogP contribution >= 0.6 is 0 Å². The van der Waals surface area contributed by atoms with Gasteiger partial charge in [0, 0.05) is 25.6 Å². The average molecular weight is 254 g/mol. The lowest BCUT2D eigenvalue weighted by Gasteiger charge is -2.33. The lowest BCUT2D eigenvalue weighted by Crippen LogP contribution is -2.41. The van der Waals surface area contributed by atoms with Crippen LogP contribution in [0.25, 0.3) is 0 Å². The first-order chi connectivity index (χ1) is 8.49. The summed E-state index contributed by atoms with van der Waals surface area (Å²) in [6.07, 6.45) is 4.53. The second-order valence-electron chi connectivity index (χ2n) is 6.40. The molecule has 0 heterocycles. The van der Waals surface area contributed by atoms with Crippen molar-refractivity contribution in [3.8, 4) is 0 Å². The maximum atomic E-state index is 11.6. The van der Waals surface area contributed by atoms with Crippen LogP contribution in [0.5, 0.6) is 0 Å². The van der Waals surface area contributed by atoms with Gasteiger partial charge >= 0.3 is 0 Å². The minimum atomic E-state index is 0.174. The molecule has 3 unspecified atom stereocenters. The molecule has 1 fully saturated rings. The number of nitrogens with one attached hydrogen (secondary N) is 2. The van der Waals surface area contributed by atoms with Gasteiger partial charge in [0.25, 0.3) is 0 Å². The Kier molecular flexibility index (Phi) is 6.69. The summed E-state index contributed by atoms with van der Waals surface area (Å²) >= 11 is 0. The van der Waals surface area contributed by atoms with Gasteiger partial charge in [-0.2, -0.15) is 0 Å². The Bertz CT molecular complexity index is 253. The number of hydrogen-bond donors (Lipinski definition) is 2. The Morgan fingerprint density at radius 3 is 2.67 bits per heavy atom. The van der Waals surface area contributed by atoms with Crippen LogP contribution in [0.1, 0.15) is 53.4 Å². The van der Waals surface area contributed by atoms with Crippen molar-refractivity contribution in [3.05, 3.63) is 0 Å². The second-order valence-corrected chi connectivity index (χ2v) is 6.40. The molecule has 3 heteroatoms. The van der Waals surface area contributed by atoms with E-state index in [1.54, 1.807) is 0 Å². The summed E-state index contributed by atoms with van der Waals surface area (Å²) in [5, 5.41) is 6.52. The average Bonchev–Trinajstić information content (AvgIpc) is 2.31. The molecule has 1 rings (SSSR count). The van der Waals surface area contributed by atoms with Crippen LogP contribution in [0.3, 0.4) is 0 Å². The zero-order valence-corrected chi connectivity index (χ0v) is 12.5. The molecule has 1 aliphatic rings. The van der Waals surface area contributed by atoms with E-state index in [1.807, 2.05) is 0 Å². The molecule has 0 aromatic heterocycles. The van der Waals surface area contributed by atoms with Gasteiger partial charge in [0.15, 0.2) is 0 Å². The van der Waals surface area contributed by atoms with Crippen LogP contribution in [-0.4, -0.2) is 25.0 Å². The third-order valence-corrected chi connectivity index (χ3v) is 3.92. The molecular formula is C15H30N2O. The molecule has 18 heavy (non-hydrogen) atoms. The zero-order chi connectivity index (χ0) is 13.5. The number of rotatable bonds is 6. The molecule has 1 aliphatic carbocycles. The van der Waals surface area contributed by atoms with E-state index >= 15 is 0 Å². The molecule has 3 nitrogen and oxygen atoms in total. The van der Waals surface area contributed by atoms with E-state index in [-0.39, 0.29) is 5.91 Å². The molecule has 106 valence electrons. The van der Waals surface area contributed by atoms with Crippen molar-refractivity contribution in [2.24, 2.45) is 17.8 Å². The van der Waals surface area contributed by atoms with Gasteiger partial charge in [-0.15, -0.1) is 0 Å². The maximum absolute atomic E-state index is 11.6. The number of amides is 1. The standard InChI is InChI=1S/C15H30N2O/c1-11(2)10-17-15(18)7-8-16-14-9-12(3)5-6-13(14)4/h11-14,16H,5-10H2,1-4H3,(H,17,18). The van der Waals surface area contributed by atoms with Gasteiger partial charge in [0.2, 0.25) is 5.91 Å². The monoisotopic (exact) mass is 254 g/mol. The fourth-order valence-corrected chi connectivity index (χ4v) is 2.59. The highest BCUT2D eigenvalue weighted by Gasteiger charge is 2.24. The quantitative estimate of drug-likeness (QED) is 0.765. The molecule has 1 saturated carbocycles. The van der Waals surface area contributed by atoms with Gasteiger partial charge in [-0.05, 0) is 30.6 Å². The Morgan fingerprint density at radius 1 is 1.28 bits per heavy atom. The minimum Gasteiger partial charge on any atom is -0.356 e. The van der Waals surface area contributed by atoms with Gasteiger partial charge in [0.05, 0.1) is 0 Å². The van der Waals surface area contributed by atoms with E-state index in [9.17, 15) is 4.79 Å². The predicted molar refractivity (Wildman–Crippen MR) is 76.4 cm³/mol. The second kappa shape index (κ2) is 7.78. The first kappa shape index (κ1) is 15.5. The largest absolute Gasteiger partial charge is 0.356 e. The van der Waals surface area contributed by atoms with Crippen molar-refractivity contribution >= 4 is 5.91 Å². The molecule has 0 spiro atoms. The first-order valence-electron chi connectivity index (χ1n) is 7.49. The van der Waals surface area contributed by atoms with E-state index < -0.39 is 0 Å². The van der Waals surface area contributed by atoms with Crippen molar-refractivity contribution in [1.82, 2.24) is 10.6 Å². The molecule has 0 bridgehead atoms. The first-order valence-corrected chi connectivity index (χ1v) is 7.49. The van der Waals surface area contributed by atoms with E-state index in [0.717, 1.165) is 24.9 Å². The zero-order valence-electron chi connectivity index (χ0n) is 12.5. The number of hydrogen-bond acceptors (Lipinski definition) is 2. The van der Waals surface area contributed by atoms with Crippen molar-refractivity contribution in [3.63, 3.8) is 0 Å². The van der Waals surface area contributed by atoms with Gasteiger partial charge in [-0.3, -0.25) is 4.79 Å². The van der Waals surface area contributed by atoms with Crippen molar-refractivity contribution in [1.29, 1.82) is 0 Å². The summed E-state index contributed by atoms with van der Waals surface area (Å²) in [6, 6.07) is 0.603. The van der Waals surface area contributed by atoms with Crippen molar-refractivity contribution < 1.29 is 4.79 Å². The van der Waals surface area contributed by atoms with Crippen LogP contribution in [0.2, 0.25) is 0 Å². The van der Waals surface area contributed by atoms with E-state index in [2.05, 4.69) is 38.3 Å². The third kappa shape index (κ3) is 5.85. The molecule has 0 aliphatic heterocycles. The van der Waals surface area contributed by atoms with Crippen LogP contribution in [0, 0.1) is 17.8 Å². The third-order valence-electron chi connectivity index (χ3n) is 3.92. The van der Waals surface area contributed by atoms with Crippen LogP contribution < -0.4 is 10.6 Å². The smallest absolute Gasteiger partial charge is 0.221 e. The topological polar surface area (TPSA) is 41.1 Å². The molecule has 0 radical (unpaired) electrons. The summed E-state index contributed by atoms with van der Waals surface area (Å²) in [5.74, 6) is 2.28. The number of carbonyl (C=O) groups excluding carboxylic acids is 1. The van der Waals surface area contributed by atoms with Gasteiger partial charge < -0.3 is 10.6 Å². The van der Waals surface area contributed by atoms with Gasteiger partial charge in [-0.25, -0.2) is 0 Å². The normalized spacial score (nSPS) is 28.4. The lowest BCUT2D eigenvalue weighted by atomic mass is 9.80. The SMILES string of the molecule is CC(C)CNC(=O)CCNC1CC(C)CCC1C. The highest BCUT2D eigenvalue weighted by molar-refractivity contribution is 5.76. The molecular weight excluding hydrogens is 224 g/mol. The molecule has 0 aromatic rings. The molecule has 1 amide bonds. The highest BCUT2D eigenvalue weighted by Crippen LogP contribution is 2.28.